The highest BCUT2D eigenvalue weighted by molar-refractivity contribution is 4.56. The van der Waals surface area contributed by atoms with Crippen molar-refractivity contribution in [1.29, 1.82) is 0 Å². The average Bonchev–Trinajstić information content (AvgIpc) is 1.85. The molecular weight excluding hydrogens is 120 g/mol. The normalized spacial score (nSPS) is 13.7. The van der Waals surface area contributed by atoms with Gasteiger partial charge in [0, 0.05) is 13.1 Å². The number of aliphatic hydroxyl groups excluding tert-OH is 1. The predicted molar refractivity (Wildman–Crippen MR) is 34.9 cm³/mol. The maximum Gasteiger partial charge on any atom is 0.0811 e. The maximum atomic E-state index is 8.98. The number of nitrogens with one attached hydrogen (secondary N) is 2. The molecular formula is C5H14N2O2. The van der Waals surface area contributed by atoms with Crippen LogP contribution in [-0.2, 0) is 4.84 Å². The van der Waals surface area contributed by atoms with Crippen LogP contribution in [0.3, 0.4) is 0 Å². The van der Waals surface area contributed by atoms with Crippen LogP contribution in [0.25, 0.3) is 0 Å². The molecule has 0 amide bonds. The third-order valence-electron chi connectivity index (χ3n) is 0.903. The van der Waals surface area contributed by atoms with Crippen molar-refractivity contribution < 1.29 is 9.94 Å². The van der Waals surface area contributed by atoms with E-state index in [4.69, 9.17) is 5.11 Å². The Balaban J connectivity index is 2.95. The van der Waals surface area contributed by atoms with Crippen molar-refractivity contribution in [2.45, 2.75) is 6.10 Å². The summed E-state index contributed by atoms with van der Waals surface area (Å²) in [5, 5.41) is 11.8. The number of hydrogen-bond acceptors (Lipinski definition) is 4. The van der Waals surface area contributed by atoms with Crippen molar-refractivity contribution in [3.63, 3.8) is 0 Å². The number of rotatable bonds is 5. The largest absolute Gasteiger partial charge is 0.390 e. The molecule has 0 aromatic heterocycles. The van der Waals surface area contributed by atoms with Gasteiger partial charge in [0.25, 0.3) is 0 Å². The van der Waals surface area contributed by atoms with Crippen LogP contribution in [0.5, 0.6) is 0 Å². The summed E-state index contributed by atoms with van der Waals surface area (Å²) in [6, 6.07) is 0. The van der Waals surface area contributed by atoms with Crippen LogP contribution < -0.4 is 10.8 Å². The minimum absolute atomic E-state index is 0.380. The standard InChI is InChI=1S/C5H14N2O2/c1-6-3-5(8)4-7-9-2/h5-8H,3-4H2,1-2H3. The second-order valence-electron chi connectivity index (χ2n) is 1.76. The third kappa shape index (κ3) is 5.72. The molecule has 4 heteroatoms. The van der Waals surface area contributed by atoms with Gasteiger partial charge in [-0.25, -0.2) is 5.48 Å². The van der Waals surface area contributed by atoms with Crippen molar-refractivity contribution in [2.75, 3.05) is 27.2 Å². The van der Waals surface area contributed by atoms with Crippen molar-refractivity contribution in [1.82, 2.24) is 10.8 Å². The molecule has 3 N–H and O–H groups in total. The Kier molecular flexibility index (Phi) is 5.86. The zero-order valence-corrected chi connectivity index (χ0v) is 5.85. The Labute approximate surface area is 55.2 Å². The molecule has 4 nitrogen and oxygen atoms in total. The van der Waals surface area contributed by atoms with Gasteiger partial charge in [-0.15, -0.1) is 0 Å². The zero-order chi connectivity index (χ0) is 7.11. The van der Waals surface area contributed by atoms with Crippen molar-refractivity contribution in [2.24, 2.45) is 0 Å². The molecule has 0 aromatic carbocycles. The molecule has 0 aliphatic rings. The number of hydroxylamine groups is 1. The molecule has 0 aliphatic carbocycles. The number of aliphatic hydroxyl groups is 1. The van der Waals surface area contributed by atoms with Gasteiger partial charge in [-0.2, -0.15) is 0 Å². The van der Waals surface area contributed by atoms with Crippen LogP contribution in [0, 0.1) is 0 Å². The molecule has 0 spiro atoms. The zero-order valence-electron chi connectivity index (χ0n) is 5.85. The van der Waals surface area contributed by atoms with Gasteiger partial charge in [0.1, 0.15) is 0 Å². The number of likely N-dealkylation sites (N-methyl/N-ethyl adjacent to an activating group) is 1. The van der Waals surface area contributed by atoms with E-state index in [1.165, 1.54) is 7.11 Å². The highest BCUT2D eigenvalue weighted by Gasteiger charge is 1.98. The third-order valence-corrected chi connectivity index (χ3v) is 0.903. The van der Waals surface area contributed by atoms with Gasteiger partial charge in [-0.3, -0.25) is 0 Å². The monoisotopic (exact) mass is 134 g/mol. The molecule has 1 unspecified atom stereocenters. The summed E-state index contributed by atoms with van der Waals surface area (Å²) >= 11 is 0. The first-order chi connectivity index (χ1) is 4.31. The van der Waals surface area contributed by atoms with Gasteiger partial charge in [-0.1, -0.05) is 0 Å². The van der Waals surface area contributed by atoms with Gasteiger partial charge in [-0.05, 0) is 7.05 Å². The molecule has 0 rings (SSSR count). The predicted octanol–water partition coefficient (Wildman–Crippen LogP) is -1.28. The summed E-state index contributed by atoms with van der Waals surface area (Å²) in [4.78, 5) is 4.52. The van der Waals surface area contributed by atoms with Crippen LogP contribution in [0.2, 0.25) is 0 Å². The summed E-state index contributed by atoms with van der Waals surface area (Å²) < 4.78 is 0. The van der Waals surface area contributed by atoms with Crippen LogP contribution in [-0.4, -0.2) is 38.5 Å². The van der Waals surface area contributed by atoms with E-state index < -0.39 is 0 Å². The van der Waals surface area contributed by atoms with E-state index >= 15 is 0 Å². The Morgan fingerprint density at radius 3 is 2.67 bits per heavy atom. The van der Waals surface area contributed by atoms with E-state index in [1.807, 2.05) is 0 Å². The fourth-order valence-electron chi connectivity index (χ4n) is 0.487. The Hall–Kier alpha value is -0.160. The quantitative estimate of drug-likeness (QED) is 0.410. The maximum absolute atomic E-state index is 8.98. The minimum Gasteiger partial charge on any atom is -0.390 e. The lowest BCUT2D eigenvalue weighted by molar-refractivity contribution is 0.0509. The molecule has 0 aromatic rings. The second kappa shape index (κ2) is 5.97. The van der Waals surface area contributed by atoms with E-state index in [-0.39, 0.29) is 6.10 Å². The van der Waals surface area contributed by atoms with E-state index in [0.717, 1.165) is 0 Å². The SMILES string of the molecule is CNCC(O)CNOC. The molecule has 0 radical (unpaired) electrons. The van der Waals surface area contributed by atoms with Crippen molar-refractivity contribution in [3.05, 3.63) is 0 Å². The molecule has 1 atom stereocenters. The highest BCUT2D eigenvalue weighted by Crippen LogP contribution is 1.74. The minimum atomic E-state index is -0.380. The van der Waals surface area contributed by atoms with E-state index in [1.54, 1.807) is 7.05 Å². The average molecular weight is 134 g/mol. The summed E-state index contributed by atoms with van der Waals surface area (Å²) in [6.07, 6.45) is -0.380. The first-order valence-electron chi connectivity index (χ1n) is 2.89. The van der Waals surface area contributed by atoms with Gasteiger partial charge in [0.2, 0.25) is 0 Å². The molecule has 0 aliphatic heterocycles. The van der Waals surface area contributed by atoms with Crippen LogP contribution in [0.15, 0.2) is 0 Å². The van der Waals surface area contributed by atoms with Crippen molar-refractivity contribution in [3.8, 4) is 0 Å². The van der Waals surface area contributed by atoms with E-state index in [2.05, 4.69) is 15.6 Å². The topological polar surface area (TPSA) is 53.5 Å². The fourth-order valence-corrected chi connectivity index (χ4v) is 0.487. The second-order valence-corrected chi connectivity index (χ2v) is 1.76. The summed E-state index contributed by atoms with van der Waals surface area (Å²) in [5.41, 5.74) is 2.54. The van der Waals surface area contributed by atoms with Gasteiger partial charge >= 0.3 is 0 Å². The lowest BCUT2D eigenvalue weighted by Gasteiger charge is -2.08. The Morgan fingerprint density at radius 2 is 2.22 bits per heavy atom. The smallest absolute Gasteiger partial charge is 0.0811 e. The first kappa shape index (κ1) is 8.84. The number of hydrogen-bond donors (Lipinski definition) is 3. The molecule has 0 fully saturated rings. The Morgan fingerprint density at radius 1 is 1.56 bits per heavy atom. The molecule has 0 saturated carbocycles. The summed E-state index contributed by atoms with van der Waals surface area (Å²) in [6.45, 7) is 1.04. The molecule has 0 heterocycles. The van der Waals surface area contributed by atoms with E-state index in [9.17, 15) is 0 Å². The van der Waals surface area contributed by atoms with E-state index in [0.29, 0.717) is 13.1 Å². The van der Waals surface area contributed by atoms with Gasteiger partial charge in [0.05, 0.1) is 13.2 Å². The van der Waals surface area contributed by atoms with Crippen LogP contribution >= 0.6 is 0 Å². The van der Waals surface area contributed by atoms with Gasteiger partial charge in [0.15, 0.2) is 0 Å². The van der Waals surface area contributed by atoms with Gasteiger partial charge < -0.3 is 15.3 Å². The highest BCUT2D eigenvalue weighted by atomic mass is 16.6. The summed E-state index contributed by atoms with van der Waals surface area (Å²) in [5.74, 6) is 0. The molecule has 0 saturated heterocycles. The van der Waals surface area contributed by atoms with Crippen LogP contribution in [0.1, 0.15) is 0 Å². The lowest BCUT2D eigenvalue weighted by atomic mass is 10.4. The molecule has 9 heavy (non-hydrogen) atoms. The first-order valence-corrected chi connectivity index (χ1v) is 2.89. The lowest BCUT2D eigenvalue weighted by Crippen LogP contribution is -2.33. The Bertz CT molecular complexity index is 60.9. The summed E-state index contributed by atoms with van der Waals surface area (Å²) in [7, 11) is 3.31. The fraction of sp³-hybridized carbons (Fsp3) is 1.00. The molecule has 56 valence electrons. The molecule has 0 bridgehead atoms. The van der Waals surface area contributed by atoms with Crippen LogP contribution in [0.4, 0.5) is 0 Å². The van der Waals surface area contributed by atoms with Crippen molar-refractivity contribution >= 4 is 0 Å².